The molecule has 0 saturated carbocycles. The minimum Gasteiger partial charge on any atom is -0.493 e. The summed E-state index contributed by atoms with van der Waals surface area (Å²) in [5, 5.41) is 0. The van der Waals surface area contributed by atoms with Crippen LogP contribution in [0.5, 0.6) is 11.5 Å². The second-order valence-corrected chi connectivity index (χ2v) is 8.59. The fraction of sp³-hybridized carbons (Fsp3) is 0.500. The van der Waals surface area contributed by atoms with Crippen LogP contribution in [-0.4, -0.2) is 61.0 Å². The number of carbonyl (C=O) groups is 3. The molecule has 0 N–H and O–H groups in total. The van der Waals surface area contributed by atoms with E-state index in [0.29, 0.717) is 36.6 Å². The van der Waals surface area contributed by atoms with Gasteiger partial charge in [0.25, 0.3) is 0 Å². The maximum atomic E-state index is 12.8. The quantitative estimate of drug-likeness (QED) is 0.390. The molecule has 1 aromatic carbocycles. The van der Waals surface area contributed by atoms with Crippen molar-refractivity contribution >= 4 is 17.7 Å². The van der Waals surface area contributed by atoms with Gasteiger partial charge in [-0.05, 0) is 56.9 Å². The van der Waals surface area contributed by atoms with E-state index in [4.69, 9.17) is 14.2 Å². The van der Waals surface area contributed by atoms with Gasteiger partial charge in [0, 0.05) is 36.5 Å². The zero-order valence-corrected chi connectivity index (χ0v) is 20.5. The first kappa shape index (κ1) is 25.3. The molecule has 0 unspecified atom stereocenters. The van der Waals surface area contributed by atoms with Gasteiger partial charge in [-0.2, -0.15) is 0 Å². The van der Waals surface area contributed by atoms with Crippen LogP contribution < -0.4 is 9.47 Å². The number of nitrogens with zero attached hydrogens (tertiary/aromatic N) is 2. The third-order valence-electron chi connectivity index (χ3n) is 6.30. The molecule has 1 amide bonds. The lowest BCUT2D eigenvalue weighted by molar-refractivity contribution is -0.148. The van der Waals surface area contributed by atoms with Gasteiger partial charge in [0.1, 0.15) is 6.54 Å². The number of aromatic nitrogens is 1. The molecule has 0 aliphatic carbocycles. The summed E-state index contributed by atoms with van der Waals surface area (Å²) in [6.45, 7) is 4.67. The molecule has 0 radical (unpaired) electrons. The fourth-order valence-electron chi connectivity index (χ4n) is 4.34. The molecule has 184 valence electrons. The minimum absolute atomic E-state index is 0.0289. The maximum Gasteiger partial charge on any atom is 0.326 e. The Bertz CT molecular complexity index is 1040. The number of carbonyl (C=O) groups excluding carboxylic acids is 3. The van der Waals surface area contributed by atoms with Gasteiger partial charge in [-0.3, -0.25) is 14.4 Å². The molecule has 34 heavy (non-hydrogen) atoms. The Kier molecular flexibility index (Phi) is 8.73. The SMILES string of the molecule is COc1ccc(CCn2c(C)cc(C(=O)COC(=O)CN3CCCCCC3=O)c2C)cc1OC. The Morgan fingerprint density at radius 1 is 1.00 bits per heavy atom. The highest BCUT2D eigenvalue weighted by atomic mass is 16.5. The van der Waals surface area contributed by atoms with Crippen molar-refractivity contribution in [1.29, 1.82) is 0 Å². The van der Waals surface area contributed by atoms with Crippen LogP contribution in [0.25, 0.3) is 0 Å². The normalized spacial score (nSPS) is 14.0. The van der Waals surface area contributed by atoms with E-state index >= 15 is 0 Å². The number of ether oxygens (including phenoxy) is 3. The summed E-state index contributed by atoms with van der Waals surface area (Å²) in [6.07, 6.45) is 3.93. The van der Waals surface area contributed by atoms with Crippen molar-refractivity contribution in [2.24, 2.45) is 0 Å². The zero-order valence-electron chi connectivity index (χ0n) is 20.5. The highest BCUT2D eigenvalue weighted by molar-refractivity contribution is 5.99. The van der Waals surface area contributed by atoms with Crippen molar-refractivity contribution in [2.75, 3.05) is 33.9 Å². The number of likely N-dealkylation sites (tertiary alicyclic amines) is 1. The van der Waals surface area contributed by atoms with E-state index in [0.717, 1.165) is 42.6 Å². The van der Waals surface area contributed by atoms with Crippen molar-refractivity contribution in [2.45, 2.75) is 52.5 Å². The number of hydrogen-bond donors (Lipinski definition) is 0. The molecule has 8 heteroatoms. The Morgan fingerprint density at radius 3 is 2.50 bits per heavy atom. The Labute approximate surface area is 200 Å². The number of ketones is 1. The molecule has 3 rings (SSSR count). The number of benzene rings is 1. The fourth-order valence-corrected chi connectivity index (χ4v) is 4.34. The van der Waals surface area contributed by atoms with Crippen LogP contribution in [-0.2, 0) is 27.3 Å². The Hall–Kier alpha value is -3.29. The first-order valence-corrected chi connectivity index (χ1v) is 11.7. The van der Waals surface area contributed by atoms with Gasteiger partial charge < -0.3 is 23.7 Å². The van der Waals surface area contributed by atoms with Crippen LogP contribution in [0.1, 0.15) is 53.0 Å². The second-order valence-electron chi connectivity index (χ2n) is 8.59. The number of rotatable bonds is 10. The van der Waals surface area contributed by atoms with Crippen molar-refractivity contribution in [3.05, 3.63) is 46.8 Å². The van der Waals surface area contributed by atoms with Crippen LogP contribution in [0.3, 0.4) is 0 Å². The standard InChI is InChI=1S/C26H34N2O6/c1-18-14-21(22(29)17-34-26(31)16-27-12-7-5-6-8-25(27)30)19(2)28(18)13-11-20-9-10-23(32-3)24(15-20)33-4/h9-10,14-15H,5-8,11-13,16-17H2,1-4H3. The summed E-state index contributed by atoms with van der Waals surface area (Å²) in [5.74, 6) is 0.536. The van der Waals surface area contributed by atoms with Gasteiger partial charge in [0.05, 0.1) is 14.2 Å². The number of methoxy groups -OCH3 is 2. The molecule has 0 atom stereocenters. The third-order valence-corrected chi connectivity index (χ3v) is 6.30. The summed E-state index contributed by atoms with van der Waals surface area (Å²) in [4.78, 5) is 38.6. The van der Waals surface area contributed by atoms with Gasteiger partial charge in [-0.25, -0.2) is 0 Å². The van der Waals surface area contributed by atoms with Crippen molar-refractivity contribution < 1.29 is 28.6 Å². The number of Topliss-reactive ketones (excluding diaryl/α,β-unsaturated/α-hetero) is 1. The lowest BCUT2D eigenvalue weighted by Crippen LogP contribution is -2.36. The molecule has 8 nitrogen and oxygen atoms in total. The van der Waals surface area contributed by atoms with E-state index in [2.05, 4.69) is 4.57 Å². The van der Waals surface area contributed by atoms with Crippen LogP contribution in [0, 0.1) is 13.8 Å². The summed E-state index contributed by atoms with van der Waals surface area (Å²) < 4.78 is 18.0. The first-order chi connectivity index (χ1) is 16.3. The predicted octanol–water partition coefficient (Wildman–Crippen LogP) is 3.49. The molecule has 1 aromatic heterocycles. The molecule has 2 aromatic rings. The highest BCUT2D eigenvalue weighted by Gasteiger charge is 2.22. The minimum atomic E-state index is -0.550. The summed E-state index contributed by atoms with van der Waals surface area (Å²) in [6, 6.07) is 7.66. The summed E-state index contributed by atoms with van der Waals surface area (Å²) in [5.41, 5.74) is 3.43. The van der Waals surface area contributed by atoms with E-state index < -0.39 is 5.97 Å². The van der Waals surface area contributed by atoms with E-state index in [1.165, 1.54) is 4.90 Å². The molecule has 2 heterocycles. The van der Waals surface area contributed by atoms with Gasteiger partial charge >= 0.3 is 5.97 Å². The highest BCUT2D eigenvalue weighted by Crippen LogP contribution is 2.28. The Morgan fingerprint density at radius 2 is 1.76 bits per heavy atom. The molecule has 0 spiro atoms. The van der Waals surface area contributed by atoms with E-state index in [1.54, 1.807) is 14.2 Å². The molecular weight excluding hydrogens is 436 g/mol. The number of hydrogen-bond acceptors (Lipinski definition) is 6. The molecule has 1 fully saturated rings. The molecule has 1 aliphatic heterocycles. The topological polar surface area (TPSA) is 87.1 Å². The predicted molar refractivity (Wildman–Crippen MR) is 127 cm³/mol. The van der Waals surface area contributed by atoms with E-state index in [-0.39, 0.29) is 24.8 Å². The van der Waals surface area contributed by atoms with Gasteiger partial charge in [-0.1, -0.05) is 12.5 Å². The molecular formula is C26H34N2O6. The Balaban J connectivity index is 1.58. The first-order valence-electron chi connectivity index (χ1n) is 11.7. The average molecular weight is 471 g/mol. The smallest absolute Gasteiger partial charge is 0.326 e. The lowest BCUT2D eigenvalue weighted by atomic mass is 10.1. The zero-order chi connectivity index (χ0) is 24.7. The van der Waals surface area contributed by atoms with Crippen molar-refractivity contribution in [1.82, 2.24) is 9.47 Å². The van der Waals surface area contributed by atoms with Gasteiger partial charge in [0.2, 0.25) is 11.7 Å². The molecule has 0 bridgehead atoms. The van der Waals surface area contributed by atoms with E-state index in [9.17, 15) is 14.4 Å². The van der Waals surface area contributed by atoms with Crippen LogP contribution >= 0.6 is 0 Å². The molecule has 1 aliphatic rings. The maximum absolute atomic E-state index is 12.8. The van der Waals surface area contributed by atoms with Crippen molar-refractivity contribution in [3.63, 3.8) is 0 Å². The lowest BCUT2D eigenvalue weighted by Gasteiger charge is -2.19. The largest absolute Gasteiger partial charge is 0.493 e. The summed E-state index contributed by atoms with van der Waals surface area (Å²) in [7, 11) is 3.21. The van der Waals surface area contributed by atoms with Crippen LogP contribution in [0.2, 0.25) is 0 Å². The summed E-state index contributed by atoms with van der Waals surface area (Å²) >= 11 is 0. The number of amides is 1. The van der Waals surface area contributed by atoms with Crippen molar-refractivity contribution in [3.8, 4) is 11.5 Å². The second kappa shape index (κ2) is 11.7. The molecule has 1 saturated heterocycles. The van der Waals surface area contributed by atoms with Gasteiger partial charge in [-0.15, -0.1) is 0 Å². The van der Waals surface area contributed by atoms with Gasteiger partial charge in [0.15, 0.2) is 18.1 Å². The third kappa shape index (κ3) is 6.18. The van der Waals surface area contributed by atoms with Crippen LogP contribution in [0.4, 0.5) is 0 Å². The number of aryl methyl sites for hydroxylation is 2. The van der Waals surface area contributed by atoms with Crippen LogP contribution in [0.15, 0.2) is 24.3 Å². The average Bonchev–Trinajstić information content (AvgIpc) is 2.97. The number of esters is 1. The monoisotopic (exact) mass is 470 g/mol. The van der Waals surface area contributed by atoms with E-state index in [1.807, 2.05) is 38.1 Å².